The molecule has 0 radical (unpaired) electrons. The first-order chi connectivity index (χ1) is 17.7. The molecule has 0 amide bonds. The lowest BCUT2D eigenvalue weighted by Crippen LogP contribution is -2.37. The lowest BCUT2D eigenvalue weighted by atomic mass is 10.2. The zero-order chi connectivity index (χ0) is 26.2. The van der Waals surface area contributed by atoms with Crippen molar-refractivity contribution in [2.75, 3.05) is 36.5 Å². The van der Waals surface area contributed by atoms with Crippen molar-refractivity contribution in [3.8, 4) is 22.2 Å². The molecule has 3 aromatic heterocycles. The first-order valence-electron chi connectivity index (χ1n) is 10.8. The van der Waals surface area contributed by atoms with Gasteiger partial charge in [-0.25, -0.2) is 19.3 Å². The van der Waals surface area contributed by atoms with Gasteiger partial charge in [0.15, 0.2) is 22.5 Å². The Hall–Kier alpha value is -2.68. The minimum absolute atomic E-state index is 0.113. The summed E-state index contributed by atoms with van der Waals surface area (Å²) in [6.07, 6.45) is -1.87. The van der Waals surface area contributed by atoms with Crippen molar-refractivity contribution in [1.82, 2.24) is 19.9 Å². The molecule has 4 aromatic rings. The number of pyridine rings is 1. The van der Waals surface area contributed by atoms with Crippen LogP contribution in [0.3, 0.4) is 0 Å². The van der Waals surface area contributed by atoms with Crippen LogP contribution in [0, 0.1) is 5.82 Å². The second-order valence-electron chi connectivity index (χ2n) is 7.84. The number of anilines is 3. The van der Waals surface area contributed by atoms with E-state index in [-0.39, 0.29) is 16.0 Å². The SMILES string of the molecule is Fc1cnc(-c2nc(-c3ccc(Nc4c(Br)ccc(C(F)(F)F)c4Br)cn3)cs2)nc1N1CCOCC1. The van der Waals surface area contributed by atoms with Crippen LogP contribution in [0.5, 0.6) is 0 Å². The van der Waals surface area contributed by atoms with E-state index < -0.39 is 17.6 Å². The summed E-state index contributed by atoms with van der Waals surface area (Å²) >= 11 is 7.63. The molecule has 0 saturated carbocycles. The van der Waals surface area contributed by atoms with Crippen LogP contribution in [0.4, 0.5) is 34.8 Å². The third kappa shape index (κ3) is 5.61. The number of morpholine rings is 1. The average molecular weight is 660 g/mol. The standard InChI is InChI=1S/C23H16Br2F4N6OS/c24-14-3-2-13(23(27,28)29)18(25)19(14)32-12-1-4-16(30-9-12)17-11-37-22(33-17)20-31-10-15(26)21(34-20)35-5-7-36-8-6-35/h1-4,9-11,32H,5-8H2. The molecule has 7 nitrogen and oxygen atoms in total. The molecule has 1 aliphatic rings. The van der Waals surface area contributed by atoms with E-state index in [2.05, 4.69) is 57.1 Å². The lowest BCUT2D eigenvalue weighted by Gasteiger charge is -2.27. The molecule has 14 heteroatoms. The summed E-state index contributed by atoms with van der Waals surface area (Å²) in [5.74, 6) is 0.00780. The Morgan fingerprint density at radius 1 is 0.973 bits per heavy atom. The highest BCUT2D eigenvalue weighted by Gasteiger charge is 2.34. The Kier molecular flexibility index (Phi) is 7.43. The maximum atomic E-state index is 14.4. The maximum absolute atomic E-state index is 14.4. The molecular formula is C23H16Br2F4N6OS. The highest BCUT2D eigenvalue weighted by atomic mass is 79.9. The molecule has 4 heterocycles. The van der Waals surface area contributed by atoms with Crippen LogP contribution in [0.15, 0.2) is 51.0 Å². The number of hydrogen-bond donors (Lipinski definition) is 1. The summed E-state index contributed by atoms with van der Waals surface area (Å²) in [5, 5.41) is 5.25. The van der Waals surface area contributed by atoms with Gasteiger partial charge in [-0.1, -0.05) is 0 Å². The monoisotopic (exact) mass is 658 g/mol. The molecule has 1 fully saturated rings. The molecule has 0 spiro atoms. The molecule has 0 bridgehead atoms. The van der Waals surface area contributed by atoms with Crippen LogP contribution >= 0.6 is 43.2 Å². The predicted molar refractivity (Wildman–Crippen MR) is 139 cm³/mol. The topological polar surface area (TPSA) is 76.1 Å². The van der Waals surface area contributed by atoms with Gasteiger partial charge in [-0.05, 0) is 56.1 Å². The predicted octanol–water partition coefficient (Wildman–Crippen LogP) is 6.93. The summed E-state index contributed by atoms with van der Waals surface area (Å²) in [6.45, 7) is 2.07. The second kappa shape index (κ2) is 10.6. The summed E-state index contributed by atoms with van der Waals surface area (Å²) in [4.78, 5) is 19.2. The second-order valence-corrected chi connectivity index (χ2v) is 10.3. The fourth-order valence-corrected chi connectivity index (χ4v) is 5.72. The van der Waals surface area contributed by atoms with Crippen molar-refractivity contribution in [2.24, 2.45) is 0 Å². The molecule has 0 aliphatic carbocycles. The highest BCUT2D eigenvalue weighted by molar-refractivity contribution is 9.11. The first-order valence-corrected chi connectivity index (χ1v) is 13.3. The Labute approximate surface area is 229 Å². The lowest BCUT2D eigenvalue weighted by molar-refractivity contribution is -0.138. The fraction of sp³-hybridized carbons (Fsp3) is 0.217. The quantitative estimate of drug-likeness (QED) is 0.233. The van der Waals surface area contributed by atoms with E-state index in [0.717, 1.165) is 12.3 Å². The first kappa shape index (κ1) is 25.9. The van der Waals surface area contributed by atoms with E-state index in [1.807, 2.05) is 4.90 Å². The third-order valence-corrected chi connectivity index (χ3v) is 7.75. The van der Waals surface area contributed by atoms with Crippen LogP contribution in [-0.2, 0) is 10.9 Å². The van der Waals surface area contributed by atoms with Gasteiger partial charge >= 0.3 is 6.18 Å². The fourth-order valence-electron chi connectivity index (χ4n) is 3.60. The number of nitrogens with one attached hydrogen (secondary N) is 1. The summed E-state index contributed by atoms with van der Waals surface area (Å²) in [5.41, 5.74) is 1.03. The minimum Gasteiger partial charge on any atom is -0.378 e. The third-order valence-electron chi connectivity index (χ3n) is 5.42. The number of hydrogen-bond acceptors (Lipinski definition) is 8. The number of halogens is 6. The molecule has 37 heavy (non-hydrogen) atoms. The summed E-state index contributed by atoms with van der Waals surface area (Å²) in [7, 11) is 0. The molecule has 1 N–H and O–H groups in total. The average Bonchev–Trinajstić information content (AvgIpc) is 3.37. The van der Waals surface area contributed by atoms with Gasteiger partial charge in [0.25, 0.3) is 0 Å². The van der Waals surface area contributed by atoms with Crippen molar-refractivity contribution < 1.29 is 22.3 Å². The van der Waals surface area contributed by atoms with E-state index in [1.54, 1.807) is 17.5 Å². The molecule has 192 valence electrons. The molecule has 1 saturated heterocycles. The van der Waals surface area contributed by atoms with Crippen molar-refractivity contribution >= 4 is 60.4 Å². The number of ether oxygens (including phenoxy) is 1. The normalized spacial score (nSPS) is 14.2. The van der Waals surface area contributed by atoms with Gasteiger partial charge in [0.05, 0.1) is 52.7 Å². The van der Waals surface area contributed by atoms with Gasteiger partial charge in [-0.15, -0.1) is 11.3 Å². The number of benzene rings is 1. The molecule has 0 unspecified atom stereocenters. The minimum atomic E-state index is -4.50. The van der Waals surface area contributed by atoms with E-state index in [9.17, 15) is 17.6 Å². The Bertz CT molecular complexity index is 1430. The van der Waals surface area contributed by atoms with E-state index in [1.165, 1.54) is 23.6 Å². The van der Waals surface area contributed by atoms with Crippen LogP contribution in [0.2, 0.25) is 0 Å². The van der Waals surface area contributed by atoms with E-state index in [0.29, 0.717) is 58.7 Å². The Balaban J connectivity index is 1.36. The largest absolute Gasteiger partial charge is 0.417 e. The van der Waals surface area contributed by atoms with Gasteiger partial charge in [-0.3, -0.25) is 4.98 Å². The van der Waals surface area contributed by atoms with E-state index >= 15 is 0 Å². The number of nitrogens with zero attached hydrogens (tertiary/aromatic N) is 5. The number of aromatic nitrogens is 4. The molecule has 5 rings (SSSR count). The number of thiazole rings is 1. The smallest absolute Gasteiger partial charge is 0.378 e. The van der Waals surface area contributed by atoms with Gasteiger partial charge < -0.3 is 15.0 Å². The van der Waals surface area contributed by atoms with Gasteiger partial charge in [0, 0.05) is 22.9 Å². The Morgan fingerprint density at radius 3 is 2.46 bits per heavy atom. The maximum Gasteiger partial charge on any atom is 0.417 e. The van der Waals surface area contributed by atoms with Crippen molar-refractivity contribution in [3.05, 3.63) is 62.4 Å². The molecule has 1 aromatic carbocycles. The van der Waals surface area contributed by atoms with Gasteiger partial charge in [0.1, 0.15) is 5.69 Å². The summed E-state index contributed by atoms with van der Waals surface area (Å²) < 4.78 is 59.9. The number of alkyl halides is 3. The number of rotatable bonds is 5. The van der Waals surface area contributed by atoms with Gasteiger partial charge in [-0.2, -0.15) is 13.2 Å². The molecule has 1 aliphatic heterocycles. The summed E-state index contributed by atoms with van der Waals surface area (Å²) in [6, 6.07) is 5.71. The van der Waals surface area contributed by atoms with Crippen molar-refractivity contribution in [3.63, 3.8) is 0 Å². The van der Waals surface area contributed by atoms with Crippen LogP contribution < -0.4 is 10.2 Å². The molecular weight excluding hydrogens is 644 g/mol. The Morgan fingerprint density at radius 2 is 1.76 bits per heavy atom. The van der Waals surface area contributed by atoms with Crippen LogP contribution in [0.25, 0.3) is 22.2 Å². The van der Waals surface area contributed by atoms with Crippen molar-refractivity contribution in [1.29, 1.82) is 0 Å². The zero-order valence-electron chi connectivity index (χ0n) is 18.7. The highest BCUT2D eigenvalue weighted by Crippen LogP contribution is 2.42. The van der Waals surface area contributed by atoms with Crippen LogP contribution in [-0.4, -0.2) is 46.2 Å². The van der Waals surface area contributed by atoms with Crippen molar-refractivity contribution in [2.45, 2.75) is 6.18 Å². The molecule has 0 atom stereocenters. The van der Waals surface area contributed by atoms with E-state index in [4.69, 9.17) is 4.74 Å². The van der Waals surface area contributed by atoms with Crippen LogP contribution in [0.1, 0.15) is 5.56 Å². The van der Waals surface area contributed by atoms with Gasteiger partial charge in [0.2, 0.25) is 0 Å². The zero-order valence-corrected chi connectivity index (χ0v) is 22.7.